The molecule has 1 saturated heterocycles. The van der Waals surface area contributed by atoms with Crippen LogP contribution in [0.5, 0.6) is 5.75 Å². The minimum absolute atomic E-state index is 0. The van der Waals surface area contributed by atoms with E-state index in [2.05, 4.69) is 17.1 Å². The first-order chi connectivity index (χ1) is 12.3. The summed E-state index contributed by atoms with van der Waals surface area (Å²) in [4.78, 5) is 14.2. The number of quaternary nitrogens is 1. The number of para-hydroxylation sites is 1. The zero-order valence-electron chi connectivity index (χ0n) is 15.6. The van der Waals surface area contributed by atoms with Crippen LogP contribution in [0.15, 0.2) is 48.5 Å². The first-order valence-electron chi connectivity index (χ1n) is 8.79. The van der Waals surface area contributed by atoms with Crippen LogP contribution in [0.4, 0.5) is 16.2 Å². The minimum atomic E-state index is -0.528. The Bertz CT molecular complexity index is 859. The number of hydrogen-bond donors (Lipinski definition) is 1. The lowest BCUT2D eigenvalue weighted by atomic mass is 9.81. The van der Waals surface area contributed by atoms with E-state index in [1.165, 1.54) is 0 Å². The second-order valence-electron chi connectivity index (χ2n) is 7.61. The SMILES string of the molecule is CN1c2ccc(OC(=O)Nc3ccccc3)cc2[C@]2(C)CC[N@@+](C)([O-])[C@H]12.Cl. The summed E-state index contributed by atoms with van der Waals surface area (Å²) in [5, 5.41) is 15.6. The Kier molecular flexibility index (Phi) is 4.84. The van der Waals surface area contributed by atoms with E-state index in [0.29, 0.717) is 18.0 Å². The summed E-state index contributed by atoms with van der Waals surface area (Å²) in [5.41, 5.74) is 2.55. The topological polar surface area (TPSA) is 64.6 Å². The molecule has 0 bridgehead atoms. The van der Waals surface area contributed by atoms with Crippen LogP contribution in [0.3, 0.4) is 0 Å². The zero-order chi connectivity index (χ0) is 18.5. The number of carbonyl (C=O) groups excluding carboxylic acids is 1. The average molecular weight is 390 g/mol. The highest BCUT2D eigenvalue weighted by atomic mass is 35.5. The molecule has 7 heteroatoms. The van der Waals surface area contributed by atoms with E-state index in [1.807, 2.05) is 37.4 Å². The molecule has 2 aromatic rings. The fourth-order valence-electron chi connectivity index (χ4n) is 4.62. The number of ether oxygens (including phenoxy) is 1. The molecule has 0 unspecified atom stereocenters. The van der Waals surface area contributed by atoms with Crippen molar-refractivity contribution < 1.29 is 14.2 Å². The van der Waals surface area contributed by atoms with Gasteiger partial charge >= 0.3 is 6.09 Å². The van der Waals surface area contributed by atoms with Crippen LogP contribution in [-0.2, 0) is 5.41 Å². The van der Waals surface area contributed by atoms with Gasteiger partial charge in [0.05, 0.1) is 19.0 Å². The van der Waals surface area contributed by atoms with Gasteiger partial charge in [-0.2, -0.15) is 0 Å². The molecule has 27 heavy (non-hydrogen) atoms. The van der Waals surface area contributed by atoms with Crippen molar-refractivity contribution in [2.24, 2.45) is 0 Å². The third-order valence-corrected chi connectivity index (χ3v) is 5.72. The first-order valence-corrected chi connectivity index (χ1v) is 8.79. The third kappa shape index (κ3) is 3.14. The van der Waals surface area contributed by atoms with Gasteiger partial charge in [0.15, 0.2) is 6.17 Å². The number of amides is 1. The Morgan fingerprint density at radius 1 is 1.30 bits per heavy atom. The number of hydrogen-bond acceptors (Lipinski definition) is 4. The van der Waals surface area contributed by atoms with Crippen molar-refractivity contribution in [1.82, 2.24) is 0 Å². The van der Waals surface area contributed by atoms with Gasteiger partial charge < -0.3 is 19.5 Å². The van der Waals surface area contributed by atoms with Gasteiger partial charge in [-0.25, -0.2) is 4.79 Å². The lowest BCUT2D eigenvalue weighted by Crippen LogP contribution is -2.54. The summed E-state index contributed by atoms with van der Waals surface area (Å²) in [6.07, 6.45) is 0.139. The van der Waals surface area contributed by atoms with E-state index in [4.69, 9.17) is 4.74 Å². The number of nitrogens with zero attached hydrogens (tertiary/aromatic N) is 2. The summed E-state index contributed by atoms with van der Waals surface area (Å²) >= 11 is 0. The fourth-order valence-corrected chi connectivity index (χ4v) is 4.62. The number of rotatable bonds is 2. The van der Waals surface area contributed by atoms with Gasteiger partial charge in [0.25, 0.3) is 0 Å². The number of carbonyl (C=O) groups is 1. The Hall–Kier alpha value is -2.28. The van der Waals surface area contributed by atoms with E-state index in [0.717, 1.165) is 17.7 Å². The number of likely N-dealkylation sites (N-methyl/N-ethyl adjacent to an activating group) is 2. The molecular weight excluding hydrogens is 366 g/mol. The lowest BCUT2D eigenvalue weighted by molar-refractivity contribution is -0.874. The monoisotopic (exact) mass is 389 g/mol. The van der Waals surface area contributed by atoms with E-state index in [9.17, 15) is 10.0 Å². The van der Waals surface area contributed by atoms with E-state index in [-0.39, 0.29) is 28.6 Å². The molecule has 2 heterocycles. The Labute approximate surface area is 165 Å². The Morgan fingerprint density at radius 2 is 2.00 bits per heavy atom. The normalized spacial score (nSPS) is 28.1. The van der Waals surface area contributed by atoms with Crippen LogP contribution in [0.25, 0.3) is 0 Å². The molecule has 0 spiro atoms. The molecule has 0 aliphatic carbocycles. The summed E-state index contributed by atoms with van der Waals surface area (Å²) < 4.78 is 5.20. The zero-order valence-corrected chi connectivity index (χ0v) is 16.5. The number of halogens is 1. The van der Waals surface area contributed by atoms with Gasteiger partial charge in [-0.3, -0.25) is 5.32 Å². The molecule has 144 valence electrons. The molecular formula is C20H24ClN3O3. The molecule has 1 N–H and O–H groups in total. The van der Waals surface area contributed by atoms with Gasteiger partial charge in [0.1, 0.15) is 5.75 Å². The van der Waals surface area contributed by atoms with Crippen molar-refractivity contribution in [2.75, 3.05) is 30.9 Å². The molecule has 2 aliphatic rings. The number of benzene rings is 2. The predicted octanol–water partition coefficient (Wildman–Crippen LogP) is 4.10. The first kappa shape index (κ1) is 19.5. The van der Waals surface area contributed by atoms with E-state index < -0.39 is 6.09 Å². The third-order valence-electron chi connectivity index (χ3n) is 5.72. The maximum Gasteiger partial charge on any atom is 0.417 e. The Morgan fingerprint density at radius 3 is 2.70 bits per heavy atom. The smallest absolute Gasteiger partial charge is 0.417 e. The second-order valence-corrected chi connectivity index (χ2v) is 7.61. The lowest BCUT2D eigenvalue weighted by Gasteiger charge is -2.44. The number of fused-ring (bicyclic) bond motifs is 3. The molecule has 0 saturated carbocycles. The van der Waals surface area contributed by atoms with Crippen LogP contribution in [-0.4, -0.2) is 37.5 Å². The number of anilines is 2. The van der Waals surface area contributed by atoms with Gasteiger partial charge in [-0.15, -0.1) is 12.4 Å². The van der Waals surface area contributed by atoms with Crippen LogP contribution in [0.2, 0.25) is 0 Å². The molecule has 2 aromatic carbocycles. The molecule has 1 amide bonds. The van der Waals surface area contributed by atoms with Crippen molar-refractivity contribution in [3.05, 3.63) is 59.3 Å². The van der Waals surface area contributed by atoms with Crippen LogP contribution < -0.4 is 15.0 Å². The number of likely N-dealkylation sites (tertiary alicyclic amines) is 1. The molecule has 6 nitrogen and oxygen atoms in total. The molecule has 0 radical (unpaired) electrons. The van der Waals surface area contributed by atoms with Crippen molar-refractivity contribution >= 4 is 29.9 Å². The van der Waals surface area contributed by atoms with Crippen LogP contribution >= 0.6 is 12.4 Å². The summed E-state index contributed by atoms with van der Waals surface area (Å²) in [6.45, 7) is 2.72. The molecule has 4 rings (SSSR count). The predicted molar refractivity (Wildman–Crippen MR) is 108 cm³/mol. The Balaban J connectivity index is 0.00000210. The highest BCUT2D eigenvalue weighted by Gasteiger charge is 2.58. The maximum atomic E-state index is 12.9. The fraction of sp³-hybridized carbons (Fsp3) is 0.350. The summed E-state index contributed by atoms with van der Waals surface area (Å²) in [7, 11) is 3.71. The van der Waals surface area contributed by atoms with E-state index >= 15 is 0 Å². The van der Waals surface area contributed by atoms with Gasteiger partial charge in [-0.1, -0.05) is 18.2 Å². The largest absolute Gasteiger partial charge is 0.631 e. The van der Waals surface area contributed by atoms with Crippen molar-refractivity contribution in [3.63, 3.8) is 0 Å². The second kappa shape index (κ2) is 6.71. The summed E-state index contributed by atoms with van der Waals surface area (Å²) in [6, 6.07) is 14.8. The quantitative estimate of drug-likeness (QED) is 0.620. The van der Waals surface area contributed by atoms with Gasteiger partial charge in [-0.05, 0) is 42.8 Å². The van der Waals surface area contributed by atoms with Crippen molar-refractivity contribution in [1.29, 1.82) is 0 Å². The average Bonchev–Trinajstić information content (AvgIpc) is 2.98. The minimum Gasteiger partial charge on any atom is -0.631 e. The van der Waals surface area contributed by atoms with Crippen LogP contribution in [0, 0.1) is 5.21 Å². The number of nitrogens with one attached hydrogen (secondary N) is 1. The van der Waals surface area contributed by atoms with Gasteiger partial charge in [0, 0.05) is 24.8 Å². The van der Waals surface area contributed by atoms with Crippen molar-refractivity contribution in [3.8, 4) is 5.75 Å². The summed E-state index contributed by atoms with van der Waals surface area (Å²) in [5.74, 6) is 0.486. The van der Waals surface area contributed by atoms with Crippen molar-refractivity contribution in [2.45, 2.75) is 24.9 Å². The molecule has 1 fully saturated rings. The molecule has 3 atom stereocenters. The van der Waals surface area contributed by atoms with E-state index in [1.54, 1.807) is 25.2 Å². The number of hydroxylamine groups is 3. The molecule has 0 aromatic heterocycles. The highest BCUT2D eigenvalue weighted by molar-refractivity contribution is 5.86. The maximum absolute atomic E-state index is 12.9. The molecule has 2 aliphatic heterocycles. The van der Waals surface area contributed by atoms with Gasteiger partial charge in [0.2, 0.25) is 0 Å². The highest BCUT2D eigenvalue weighted by Crippen LogP contribution is 2.54. The van der Waals surface area contributed by atoms with Crippen LogP contribution in [0.1, 0.15) is 18.9 Å². The standard InChI is InChI=1S/C20H23N3O3.ClH/c1-20-11-12-23(3,25)18(20)22(2)17-10-9-15(13-16(17)20)26-19(24)21-14-7-5-4-6-8-14;/h4-10,13,18H,11-12H2,1-3H3,(H,21,24);1H/t18-,20-,23+;/m0./s1.